The van der Waals surface area contributed by atoms with Crippen LogP contribution in [0.4, 0.5) is 0 Å². The predicted octanol–water partition coefficient (Wildman–Crippen LogP) is 5.16. The first kappa shape index (κ1) is 16.5. The lowest BCUT2D eigenvalue weighted by Gasteiger charge is -2.10. The molecule has 0 radical (unpaired) electrons. The number of nitrogens with one attached hydrogen (secondary N) is 1. The van der Waals surface area contributed by atoms with Gasteiger partial charge in [0.15, 0.2) is 5.82 Å². The maximum atomic E-state index is 6.45. The van der Waals surface area contributed by atoms with Gasteiger partial charge < -0.3 is 5.43 Å². The fourth-order valence-electron chi connectivity index (χ4n) is 2.64. The minimum absolute atomic E-state index is 0.0172. The molecule has 4 nitrogen and oxygen atoms in total. The highest BCUT2D eigenvalue weighted by molar-refractivity contribution is 8.00. The molecule has 1 atom stereocenters. The van der Waals surface area contributed by atoms with Crippen molar-refractivity contribution < 1.29 is 0 Å². The third-order valence-corrected chi connectivity index (χ3v) is 5.49. The van der Waals surface area contributed by atoms with Crippen LogP contribution in [-0.2, 0) is 0 Å². The molecule has 0 amide bonds. The molecule has 126 valence electrons. The van der Waals surface area contributed by atoms with E-state index in [-0.39, 0.29) is 5.37 Å². The van der Waals surface area contributed by atoms with E-state index in [2.05, 4.69) is 28.6 Å². The molecule has 1 aliphatic rings. The van der Waals surface area contributed by atoms with Gasteiger partial charge in [-0.15, -0.1) is 10.2 Å². The van der Waals surface area contributed by atoms with E-state index in [4.69, 9.17) is 23.2 Å². The second-order valence-corrected chi connectivity index (χ2v) is 7.60. The summed E-state index contributed by atoms with van der Waals surface area (Å²) in [5.74, 6) is 0.805. The van der Waals surface area contributed by atoms with E-state index in [1.807, 2.05) is 53.2 Å². The summed E-state index contributed by atoms with van der Waals surface area (Å²) in [5.41, 5.74) is 6.53. The number of benzene rings is 2. The van der Waals surface area contributed by atoms with Gasteiger partial charge in [0.25, 0.3) is 0 Å². The highest BCUT2D eigenvalue weighted by Crippen LogP contribution is 2.34. The van der Waals surface area contributed by atoms with Gasteiger partial charge in [-0.3, -0.25) is 0 Å². The zero-order valence-corrected chi connectivity index (χ0v) is 15.6. The molecule has 0 saturated carbocycles. The van der Waals surface area contributed by atoms with Crippen molar-refractivity contribution >= 4 is 40.0 Å². The van der Waals surface area contributed by atoms with Crippen LogP contribution in [0.2, 0.25) is 5.02 Å². The number of aryl methyl sites for hydroxylation is 1. The van der Waals surface area contributed by atoms with Crippen LogP contribution in [0.15, 0.2) is 59.8 Å². The summed E-state index contributed by atoms with van der Waals surface area (Å²) in [4.78, 5) is 0. The molecule has 2 aromatic carbocycles. The van der Waals surface area contributed by atoms with Gasteiger partial charge in [-0.05, 0) is 36.3 Å². The van der Waals surface area contributed by atoms with E-state index >= 15 is 0 Å². The fraction of sp³-hybridized carbons (Fsp3) is 0.111. The lowest BCUT2D eigenvalue weighted by atomic mass is 10.1. The number of fused-ring (bicyclic) bond motifs is 1. The first-order chi connectivity index (χ1) is 12.1. The highest BCUT2D eigenvalue weighted by Gasteiger charge is 2.26. The average Bonchev–Trinajstić information content (AvgIpc) is 3.16. The first-order valence-electron chi connectivity index (χ1n) is 7.70. The van der Waals surface area contributed by atoms with E-state index in [0.717, 1.165) is 27.7 Å². The Hall–Kier alpha value is -1.95. The third-order valence-electron chi connectivity index (χ3n) is 3.93. The first-order valence-corrected chi connectivity index (χ1v) is 9.33. The summed E-state index contributed by atoms with van der Waals surface area (Å²) in [5, 5.41) is 10.7. The van der Waals surface area contributed by atoms with Crippen LogP contribution in [0, 0.1) is 6.92 Å². The van der Waals surface area contributed by atoms with Gasteiger partial charge in [0.05, 0.1) is 0 Å². The molecule has 1 unspecified atom stereocenters. The van der Waals surface area contributed by atoms with Gasteiger partial charge in [0, 0.05) is 15.6 Å². The number of nitrogens with zero attached hydrogens (tertiary/aromatic N) is 3. The van der Waals surface area contributed by atoms with Crippen molar-refractivity contribution in [2.75, 3.05) is 5.43 Å². The Morgan fingerprint density at radius 1 is 1.16 bits per heavy atom. The number of halogens is 2. The molecule has 1 aromatic heterocycles. The van der Waals surface area contributed by atoms with Crippen LogP contribution < -0.4 is 5.43 Å². The molecule has 0 aliphatic carbocycles. The van der Waals surface area contributed by atoms with Gasteiger partial charge in [-0.1, -0.05) is 71.4 Å². The van der Waals surface area contributed by atoms with Crippen molar-refractivity contribution in [3.63, 3.8) is 0 Å². The molecular formula is C18H14Cl2N4S. The monoisotopic (exact) mass is 388 g/mol. The van der Waals surface area contributed by atoms with Crippen LogP contribution in [-0.4, -0.2) is 20.2 Å². The number of hydrogen-bond donors (Lipinski definition) is 1. The molecule has 0 spiro atoms. The summed E-state index contributed by atoms with van der Waals surface area (Å²) >= 11 is 13.9. The summed E-state index contributed by atoms with van der Waals surface area (Å²) in [7, 11) is 0. The largest absolute Gasteiger partial charge is 0.304 e. The van der Waals surface area contributed by atoms with Crippen LogP contribution in [0.5, 0.6) is 0 Å². The summed E-state index contributed by atoms with van der Waals surface area (Å²) in [6.45, 7) is 2.06. The Labute approximate surface area is 159 Å². The van der Waals surface area contributed by atoms with Crippen LogP contribution >= 0.6 is 35.0 Å². The SMILES string of the molecule is Cc1ccccc1-c1nnc2n1NC(/C=C(\Cl)c1ccc(Cl)cc1)S2. The summed E-state index contributed by atoms with van der Waals surface area (Å²) in [6, 6.07) is 15.6. The van der Waals surface area contributed by atoms with Crippen molar-refractivity contribution in [2.45, 2.75) is 17.5 Å². The van der Waals surface area contributed by atoms with E-state index in [9.17, 15) is 0 Å². The number of hydrogen-bond acceptors (Lipinski definition) is 4. The molecule has 1 aliphatic heterocycles. The van der Waals surface area contributed by atoms with Crippen molar-refractivity contribution in [3.8, 4) is 11.4 Å². The van der Waals surface area contributed by atoms with Crippen molar-refractivity contribution in [1.29, 1.82) is 0 Å². The van der Waals surface area contributed by atoms with Gasteiger partial charge >= 0.3 is 0 Å². The van der Waals surface area contributed by atoms with Crippen LogP contribution in [0.3, 0.4) is 0 Å². The Morgan fingerprint density at radius 2 is 1.92 bits per heavy atom. The lowest BCUT2D eigenvalue weighted by molar-refractivity contribution is 0.811. The molecule has 1 N–H and O–H groups in total. The van der Waals surface area contributed by atoms with Gasteiger partial charge in [-0.2, -0.15) is 0 Å². The molecule has 7 heteroatoms. The number of thioether (sulfide) groups is 1. The third kappa shape index (κ3) is 3.27. The standard InChI is InChI=1S/C18H14Cl2N4S/c1-11-4-2-3-5-14(11)17-21-22-18-24(17)23-16(25-18)10-15(20)12-6-8-13(19)9-7-12/h2-10,16,23H,1H3/b15-10-. The quantitative estimate of drug-likeness (QED) is 0.672. The normalized spacial score (nSPS) is 16.6. The lowest BCUT2D eigenvalue weighted by Crippen LogP contribution is -2.18. The molecule has 25 heavy (non-hydrogen) atoms. The fourth-order valence-corrected chi connectivity index (χ4v) is 4.01. The minimum Gasteiger partial charge on any atom is -0.304 e. The van der Waals surface area contributed by atoms with Gasteiger partial charge in [0.1, 0.15) is 5.37 Å². The maximum Gasteiger partial charge on any atom is 0.212 e. The molecule has 4 rings (SSSR count). The van der Waals surface area contributed by atoms with Crippen LogP contribution in [0.25, 0.3) is 16.4 Å². The Kier molecular flexibility index (Phi) is 4.46. The molecule has 3 aromatic rings. The van der Waals surface area contributed by atoms with Crippen molar-refractivity contribution in [1.82, 2.24) is 14.9 Å². The zero-order chi connectivity index (χ0) is 17.4. The molecular weight excluding hydrogens is 375 g/mol. The second kappa shape index (κ2) is 6.75. The van der Waals surface area contributed by atoms with Crippen LogP contribution in [0.1, 0.15) is 11.1 Å². The van der Waals surface area contributed by atoms with E-state index in [1.165, 1.54) is 0 Å². The maximum absolute atomic E-state index is 6.45. The number of rotatable bonds is 3. The average molecular weight is 389 g/mol. The highest BCUT2D eigenvalue weighted by atomic mass is 35.5. The van der Waals surface area contributed by atoms with Crippen molar-refractivity contribution in [3.05, 3.63) is 70.8 Å². The Balaban J connectivity index is 1.59. The van der Waals surface area contributed by atoms with Crippen molar-refractivity contribution in [2.24, 2.45) is 0 Å². The topological polar surface area (TPSA) is 42.7 Å². The van der Waals surface area contributed by atoms with Gasteiger partial charge in [-0.25, -0.2) is 4.68 Å². The Bertz CT molecular complexity index is 950. The molecule has 0 bridgehead atoms. The molecule has 2 heterocycles. The summed E-state index contributed by atoms with van der Waals surface area (Å²) in [6.07, 6.45) is 1.96. The van der Waals surface area contributed by atoms with E-state index in [1.54, 1.807) is 11.8 Å². The molecule has 0 fully saturated rings. The van der Waals surface area contributed by atoms with Gasteiger partial charge in [0.2, 0.25) is 5.16 Å². The minimum atomic E-state index is -0.0172. The smallest absolute Gasteiger partial charge is 0.212 e. The van der Waals surface area contributed by atoms with E-state index in [0.29, 0.717) is 10.1 Å². The summed E-state index contributed by atoms with van der Waals surface area (Å²) < 4.78 is 1.92. The second-order valence-electron chi connectivity index (χ2n) is 5.65. The number of aromatic nitrogens is 3. The Morgan fingerprint density at radius 3 is 2.68 bits per heavy atom. The van der Waals surface area contributed by atoms with E-state index < -0.39 is 0 Å². The zero-order valence-electron chi connectivity index (χ0n) is 13.3. The molecule has 0 saturated heterocycles. The predicted molar refractivity (Wildman–Crippen MR) is 104 cm³/mol.